The van der Waals surface area contributed by atoms with E-state index < -0.39 is 0 Å². The third-order valence-corrected chi connectivity index (χ3v) is 5.06. The maximum absolute atomic E-state index is 12.2. The van der Waals surface area contributed by atoms with E-state index in [1.165, 1.54) is 25.7 Å². The van der Waals surface area contributed by atoms with Gasteiger partial charge in [-0.1, -0.05) is 19.8 Å². The fourth-order valence-electron chi connectivity index (χ4n) is 2.62. The number of carbonyl (C=O) groups excluding carboxylic acids is 1. The summed E-state index contributed by atoms with van der Waals surface area (Å²) in [6.07, 6.45) is 6.18. The van der Waals surface area contributed by atoms with Crippen LogP contribution in [-0.4, -0.2) is 30.5 Å². The van der Waals surface area contributed by atoms with Gasteiger partial charge in [0.1, 0.15) is 4.88 Å². The molecule has 4 nitrogen and oxygen atoms in total. The SMILES string of the molecule is CCCNCCNC(=O)c1sc(C2CCCC2)nc1C.Cl.Cl. The molecule has 1 aliphatic rings. The fourth-order valence-corrected chi connectivity index (χ4v) is 3.77. The molecule has 2 N–H and O–H groups in total. The number of rotatable bonds is 7. The predicted octanol–water partition coefficient (Wildman–Crippen LogP) is 3.68. The second-order valence-corrected chi connectivity index (χ2v) is 6.48. The van der Waals surface area contributed by atoms with Crippen LogP contribution in [0.25, 0.3) is 0 Å². The molecule has 1 amide bonds. The van der Waals surface area contributed by atoms with Crippen molar-refractivity contribution >= 4 is 42.1 Å². The summed E-state index contributed by atoms with van der Waals surface area (Å²) in [5, 5.41) is 7.41. The molecule has 0 saturated heterocycles. The zero-order valence-corrected chi connectivity index (χ0v) is 15.8. The van der Waals surface area contributed by atoms with Crippen LogP contribution in [0.5, 0.6) is 0 Å². The average molecular weight is 368 g/mol. The molecule has 7 heteroatoms. The molecule has 0 radical (unpaired) electrons. The van der Waals surface area contributed by atoms with Crippen LogP contribution in [0.2, 0.25) is 0 Å². The number of nitrogens with zero attached hydrogens (tertiary/aromatic N) is 1. The highest BCUT2D eigenvalue weighted by atomic mass is 35.5. The number of halogens is 2. The molecule has 0 spiro atoms. The lowest BCUT2D eigenvalue weighted by Crippen LogP contribution is -2.32. The van der Waals surface area contributed by atoms with E-state index in [2.05, 4.69) is 22.5 Å². The van der Waals surface area contributed by atoms with E-state index in [9.17, 15) is 4.79 Å². The molecule has 1 saturated carbocycles. The lowest BCUT2D eigenvalue weighted by molar-refractivity contribution is 0.0957. The summed E-state index contributed by atoms with van der Waals surface area (Å²) in [6.45, 7) is 6.58. The number of amides is 1. The van der Waals surface area contributed by atoms with Gasteiger partial charge < -0.3 is 10.6 Å². The summed E-state index contributed by atoms with van der Waals surface area (Å²) >= 11 is 1.59. The molecule has 0 aliphatic heterocycles. The molecule has 22 heavy (non-hydrogen) atoms. The summed E-state index contributed by atoms with van der Waals surface area (Å²) in [6, 6.07) is 0. The van der Waals surface area contributed by atoms with Gasteiger partial charge in [0.2, 0.25) is 0 Å². The molecule has 1 heterocycles. The summed E-state index contributed by atoms with van der Waals surface area (Å²) in [7, 11) is 0. The van der Waals surface area contributed by atoms with Gasteiger partial charge >= 0.3 is 0 Å². The van der Waals surface area contributed by atoms with Crippen molar-refractivity contribution < 1.29 is 4.79 Å². The van der Waals surface area contributed by atoms with Crippen molar-refractivity contribution in [3.63, 3.8) is 0 Å². The number of aromatic nitrogens is 1. The Morgan fingerprint density at radius 2 is 1.91 bits per heavy atom. The van der Waals surface area contributed by atoms with E-state index in [1.807, 2.05) is 6.92 Å². The van der Waals surface area contributed by atoms with Gasteiger partial charge in [-0.2, -0.15) is 0 Å². The third kappa shape index (κ3) is 6.03. The minimum absolute atomic E-state index is 0. The zero-order valence-electron chi connectivity index (χ0n) is 13.3. The number of aryl methyl sites for hydroxylation is 1. The van der Waals surface area contributed by atoms with E-state index in [-0.39, 0.29) is 30.7 Å². The first-order valence-corrected chi connectivity index (χ1v) is 8.50. The Hall–Kier alpha value is -0.360. The minimum Gasteiger partial charge on any atom is -0.350 e. The number of hydrogen-bond acceptors (Lipinski definition) is 4. The lowest BCUT2D eigenvalue weighted by atomic mass is 10.1. The highest BCUT2D eigenvalue weighted by molar-refractivity contribution is 7.13. The first kappa shape index (κ1) is 21.6. The molecular formula is C15H27Cl2N3OS. The predicted molar refractivity (Wildman–Crippen MR) is 98.0 cm³/mol. The van der Waals surface area contributed by atoms with Gasteiger partial charge in [-0.3, -0.25) is 4.79 Å². The van der Waals surface area contributed by atoms with Crippen LogP contribution in [0, 0.1) is 6.92 Å². The number of nitrogens with one attached hydrogen (secondary N) is 2. The maximum Gasteiger partial charge on any atom is 0.263 e. The van der Waals surface area contributed by atoms with Gasteiger partial charge in [0.05, 0.1) is 10.7 Å². The maximum atomic E-state index is 12.2. The fraction of sp³-hybridized carbons (Fsp3) is 0.733. The Labute approximate surface area is 149 Å². The second kappa shape index (κ2) is 11.2. The van der Waals surface area contributed by atoms with Crippen LogP contribution in [0.15, 0.2) is 0 Å². The second-order valence-electron chi connectivity index (χ2n) is 5.45. The number of hydrogen-bond donors (Lipinski definition) is 2. The van der Waals surface area contributed by atoms with Gasteiger partial charge in [0.25, 0.3) is 5.91 Å². The first-order chi connectivity index (χ1) is 9.72. The van der Waals surface area contributed by atoms with Gasteiger partial charge in [-0.25, -0.2) is 4.98 Å². The smallest absolute Gasteiger partial charge is 0.263 e. The molecule has 128 valence electrons. The average Bonchev–Trinajstić information content (AvgIpc) is 3.07. The van der Waals surface area contributed by atoms with Crippen LogP contribution in [0.3, 0.4) is 0 Å². The van der Waals surface area contributed by atoms with Gasteiger partial charge in [-0.05, 0) is 32.7 Å². The van der Waals surface area contributed by atoms with Gasteiger partial charge in [-0.15, -0.1) is 36.2 Å². The Morgan fingerprint density at radius 1 is 1.23 bits per heavy atom. The molecular weight excluding hydrogens is 341 g/mol. The van der Waals surface area contributed by atoms with Crippen molar-refractivity contribution in [2.75, 3.05) is 19.6 Å². The Morgan fingerprint density at radius 3 is 2.55 bits per heavy atom. The lowest BCUT2D eigenvalue weighted by Gasteiger charge is -2.05. The van der Waals surface area contributed by atoms with Crippen LogP contribution < -0.4 is 10.6 Å². The molecule has 1 aromatic heterocycles. The quantitative estimate of drug-likeness (QED) is 0.722. The Balaban J connectivity index is 0.00000220. The van der Waals surface area contributed by atoms with E-state index in [1.54, 1.807) is 11.3 Å². The molecule has 1 aliphatic carbocycles. The summed E-state index contributed by atoms with van der Waals surface area (Å²) in [5.74, 6) is 0.619. The number of thiazole rings is 1. The normalized spacial score (nSPS) is 14.3. The van der Waals surface area contributed by atoms with Crippen LogP contribution >= 0.6 is 36.2 Å². The highest BCUT2D eigenvalue weighted by Crippen LogP contribution is 2.36. The van der Waals surface area contributed by atoms with Crippen LogP contribution in [-0.2, 0) is 0 Å². The molecule has 0 unspecified atom stereocenters. The van der Waals surface area contributed by atoms with E-state index in [0.29, 0.717) is 12.5 Å². The van der Waals surface area contributed by atoms with E-state index in [4.69, 9.17) is 0 Å². The summed E-state index contributed by atoms with van der Waals surface area (Å²) < 4.78 is 0. The van der Waals surface area contributed by atoms with Crippen LogP contribution in [0.4, 0.5) is 0 Å². The van der Waals surface area contributed by atoms with Crippen molar-refractivity contribution in [2.24, 2.45) is 0 Å². The summed E-state index contributed by atoms with van der Waals surface area (Å²) in [4.78, 5) is 17.6. The molecule has 0 atom stereocenters. The number of carbonyl (C=O) groups is 1. The van der Waals surface area contributed by atoms with Crippen molar-refractivity contribution in [3.05, 3.63) is 15.6 Å². The van der Waals surface area contributed by atoms with Crippen molar-refractivity contribution in [1.82, 2.24) is 15.6 Å². The summed E-state index contributed by atoms with van der Waals surface area (Å²) in [5.41, 5.74) is 0.885. The van der Waals surface area contributed by atoms with Crippen molar-refractivity contribution in [3.8, 4) is 0 Å². The Bertz CT molecular complexity index is 448. The standard InChI is InChI=1S/C15H25N3OS.2ClH/c1-3-8-16-9-10-17-14(19)13-11(2)18-15(20-13)12-6-4-5-7-12;;/h12,16H,3-10H2,1-2H3,(H,17,19);2*1H. The third-order valence-electron chi connectivity index (χ3n) is 3.74. The molecule has 0 aromatic carbocycles. The first-order valence-electron chi connectivity index (χ1n) is 7.68. The molecule has 2 rings (SSSR count). The van der Waals surface area contributed by atoms with E-state index >= 15 is 0 Å². The largest absolute Gasteiger partial charge is 0.350 e. The van der Waals surface area contributed by atoms with Gasteiger partial charge in [0, 0.05) is 19.0 Å². The van der Waals surface area contributed by atoms with E-state index in [0.717, 1.165) is 35.1 Å². The van der Waals surface area contributed by atoms with Gasteiger partial charge in [0.15, 0.2) is 0 Å². The van der Waals surface area contributed by atoms with Crippen LogP contribution in [0.1, 0.15) is 65.3 Å². The Kier molecular flexibility index (Phi) is 11.0. The zero-order chi connectivity index (χ0) is 14.4. The molecule has 1 fully saturated rings. The van der Waals surface area contributed by atoms with Crippen molar-refractivity contribution in [1.29, 1.82) is 0 Å². The molecule has 1 aromatic rings. The van der Waals surface area contributed by atoms with Crippen molar-refractivity contribution in [2.45, 2.75) is 51.9 Å². The topological polar surface area (TPSA) is 54.0 Å². The molecule has 0 bridgehead atoms. The monoisotopic (exact) mass is 367 g/mol. The minimum atomic E-state index is 0. The highest BCUT2D eigenvalue weighted by Gasteiger charge is 2.23.